The first-order valence-electron chi connectivity index (χ1n) is 2.59. The number of nitrogens with zero attached hydrogens (tertiary/aromatic N) is 2. The summed E-state index contributed by atoms with van der Waals surface area (Å²) in [4.78, 5) is 7.40. The molecule has 0 aliphatic heterocycles. The summed E-state index contributed by atoms with van der Waals surface area (Å²) in [7, 11) is 0. The van der Waals surface area contributed by atoms with Crippen LogP contribution in [0.2, 0.25) is 0 Å². The SMILES string of the molecule is N=C(N)Nc1n[c]ccn1. The van der Waals surface area contributed by atoms with Crippen LogP contribution >= 0.6 is 0 Å². The van der Waals surface area contributed by atoms with Crippen molar-refractivity contribution in [2.24, 2.45) is 5.73 Å². The van der Waals surface area contributed by atoms with Crippen LogP contribution in [0, 0.1) is 11.6 Å². The molecule has 10 heavy (non-hydrogen) atoms. The maximum Gasteiger partial charge on any atom is 0.230 e. The maximum absolute atomic E-state index is 6.80. The van der Waals surface area contributed by atoms with E-state index in [-0.39, 0.29) is 11.9 Å². The molecule has 0 aliphatic rings. The molecule has 0 saturated carbocycles. The molecular formula is C5H6N5. The smallest absolute Gasteiger partial charge is 0.230 e. The maximum atomic E-state index is 6.80. The first kappa shape index (κ1) is 6.47. The lowest BCUT2D eigenvalue weighted by Crippen LogP contribution is -2.21. The average Bonchev–Trinajstić information content (AvgIpc) is 1.88. The van der Waals surface area contributed by atoms with Crippen LogP contribution in [0.5, 0.6) is 0 Å². The minimum Gasteiger partial charge on any atom is -0.370 e. The van der Waals surface area contributed by atoms with Crippen molar-refractivity contribution in [3.8, 4) is 0 Å². The van der Waals surface area contributed by atoms with Crippen LogP contribution in [-0.4, -0.2) is 15.9 Å². The molecule has 0 atom stereocenters. The van der Waals surface area contributed by atoms with Crippen molar-refractivity contribution in [2.45, 2.75) is 0 Å². The zero-order chi connectivity index (χ0) is 7.40. The zero-order valence-electron chi connectivity index (χ0n) is 5.13. The van der Waals surface area contributed by atoms with E-state index >= 15 is 0 Å². The van der Waals surface area contributed by atoms with Crippen LogP contribution in [0.15, 0.2) is 12.3 Å². The second-order valence-corrected chi connectivity index (χ2v) is 1.55. The van der Waals surface area contributed by atoms with Crippen molar-refractivity contribution >= 4 is 11.9 Å². The Labute approximate surface area is 57.8 Å². The van der Waals surface area contributed by atoms with Gasteiger partial charge in [-0.3, -0.25) is 10.7 Å². The van der Waals surface area contributed by atoms with Gasteiger partial charge in [0.2, 0.25) is 5.95 Å². The molecular weight excluding hydrogens is 130 g/mol. The van der Waals surface area contributed by atoms with E-state index in [1.54, 1.807) is 6.07 Å². The Morgan fingerprint density at radius 3 is 3.10 bits per heavy atom. The highest BCUT2D eigenvalue weighted by Crippen LogP contribution is 1.90. The fraction of sp³-hybridized carbons (Fsp3) is 0. The van der Waals surface area contributed by atoms with Crippen LogP contribution in [0.3, 0.4) is 0 Å². The largest absolute Gasteiger partial charge is 0.370 e. The molecule has 0 aliphatic carbocycles. The topological polar surface area (TPSA) is 87.7 Å². The highest BCUT2D eigenvalue weighted by atomic mass is 15.2. The van der Waals surface area contributed by atoms with Crippen molar-refractivity contribution in [1.82, 2.24) is 9.97 Å². The molecule has 1 aromatic heterocycles. The van der Waals surface area contributed by atoms with Crippen LogP contribution < -0.4 is 11.1 Å². The molecule has 0 spiro atoms. The summed E-state index contributed by atoms with van der Waals surface area (Å²) in [6, 6.07) is 1.56. The number of hydrogen-bond donors (Lipinski definition) is 3. The van der Waals surface area contributed by atoms with Gasteiger partial charge in [-0.2, -0.15) is 0 Å². The molecule has 0 saturated heterocycles. The number of rotatable bonds is 1. The molecule has 51 valence electrons. The fourth-order valence-corrected chi connectivity index (χ4v) is 0.449. The molecule has 1 rings (SSSR count). The summed E-state index contributed by atoms with van der Waals surface area (Å²) in [5, 5.41) is 9.22. The number of anilines is 1. The highest BCUT2D eigenvalue weighted by Gasteiger charge is 1.91. The number of aromatic nitrogens is 2. The van der Waals surface area contributed by atoms with Crippen molar-refractivity contribution in [2.75, 3.05) is 5.32 Å². The van der Waals surface area contributed by atoms with Gasteiger partial charge in [-0.15, -0.1) is 0 Å². The lowest BCUT2D eigenvalue weighted by molar-refractivity contribution is 1.16. The third-order valence-electron chi connectivity index (χ3n) is 0.763. The molecule has 1 radical (unpaired) electrons. The Kier molecular flexibility index (Phi) is 1.79. The Hall–Kier alpha value is -1.65. The molecule has 5 heteroatoms. The van der Waals surface area contributed by atoms with Gasteiger partial charge in [-0.05, 0) is 6.07 Å². The third-order valence-corrected chi connectivity index (χ3v) is 0.763. The Bertz CT molecular complexity index is 219. The van der Waals surface area contributed by atoms with E-state index in [1.165, 1.54) is 6.20 Å². The Balaban J connectivity index is 2.67. The summed E-state index contributed by atoms with van der Waals surface area (Å²) < 4.78 is 0. The second-order valence-electron chi connectivity index (χ2n) is 1.55. The van der Waals surface area contributed by atoms with Crippen LogP contribution in [-0.2, 0) is 0 Å². The average molecular weight is 136 g/mol. The molecule has 5 nitrogen and oxygen atoms in total. The van der Waals surface area contributed by atoms with Crippen molar-refractivity contribution in [1.29, 1.82) is 5.41 Å². The summed E-state index contributed by atoms with van der Waals surface area (Å²) >= 11 is 0. The molecule has 1 aromatic rings. The van der Waals surface area contributed by atoms with Gasteiger partial charge >= 0.3 is 0 Å². The minimum atomic E-state index is -0.181. The Morgan fingerprint density at radius 1 is 1.80 bits per heavy atom. The fourth-order valence-electron chi connectivity index (χ4n) is 0.449. The first-order valence-corrected chi connectivity index (χ1v) is 2.59. The van der Waals surface area contributed by atoms with E-state index < -0.39 is 0 Å². The molecule has 1 heterocycles. The molecule has 0 fully saturated rings. The number of hydrogen-bond acceptors (Lipinski definition) is 3. The van der Waals surface area contributed by atoms with Crippen LogP contribution in [0.1, 0.15) is 0 Å². The zero-order valence-corrected chi connectivity index (χ0v) is 5.13. The molecule has 0 bridgehead atoms. The summed E-state index contributed by atoms with van der Waals surface area (Å²) in [6.45, 7) is 0. The predicted molar refractivity (Wildman–Crippen MR) is 36.4 cm³/mol. The normalized spacial score (nSPS) is 8.80. The monoisotopic (exact) mass is 136 g/mol. The predicted octanol–water partition coefficient (Wildman–Crippen LogP) is -0.418. The number of nitrogens with two attached hydrogens (primary N) is 1. The van der Waals surface area contributed by atoms with Crippen molar-refractivity contribution in [3.05, 3.63) is 18.5 Å². The lowest BCUT2D eigenvalue weighted by atomic mass is 10.7. The van der Waals surface area contributed by atoms with Gasteiger partial charge in [0.15, 0.2) is 5.96 Å². The van der Waals surface area contributed by atoms with Gasteiger partial charge in [-0.1, -0.05) is 0 Å². The summed E-state index contributed by atoms with van der Waals surface area (Å²) in [5.41, 5.74) is 5.00. The van der Waals surface area contributed by atoms with Gasteiger partial charge in [0.1, 0.15) is 0 Å². The van der Waals surface area contributed by atoms with E-state index in [2.05, 4.69) is 21.5 Å². The van der Waals surface area contributed by atoms with Gasteiger partial charge in [0.05, 0.1) is 6.20 Å². The van der Waals surface area contributed by atoms with Crippen molar-refractivity contribution in [3.63, 3.8) is 0 Å². The van der Waals surface area contributed by atoms with Gasteiger partial charge < -0.3 is 5.73 Å². The molecule has 0 amide bonds. The van der Waals surface area contributed by atoms with Gasteiger partial charge in [0.25, 0.3) is 0 Å². The third kappa shape index (κ3) is 1.70. The minimum absolute atomic E-state index is 0.181. The second kappa shape index (κ2) is 2.77. The van der Waals surface area contributed by atoms with Gasteiger partial charge in [0, 0.05) is 6.20 Å². The molecule has 0 aromatic carbocycles. The molecule has 0 unspecified atom stereocenters. The number of guanidine groups is 1. The quantitative estimate of drug-likeness (QED) is 0.361. The molecule has 4 N–H and O–H groups in total. The first-order chi connectivity index (χ1) is 4.79. The standard InChI is InChI=1S/C5H6N5/c6-4(7)10-5-8-2-1-3-9-5/h1-2H,(H4,6,7,8,9,10). The number of nitrogens with one attached hydrogen (secondary N) is 2. The van der Waals surface area contributed by atoms with E-state index in [4.69, 9.17) is 11.1 Å². The van der Waals surface area contributed by atoms with Gasteiger partial charge in [-0.25, -0.2) is 9.97 Å². The van der Waals surface area contributed by atoms with E-state index in [0.717, 1.165) is 0 Å². The van der Waals surface area contributed by atoms with E-state index in [1.807, 2.05) is 0 Å². The van der Waals surface area contributed by atoms with Crippen LogP contribution in [0.25, 0.3) is 0 Å². The summed E-state index contributed by atoms with van der Waals surface area (Å²) in [5.74, 6) is 0.106. The van der Waals surface area contributed by atoms with E-state index in [0.29, 0.717) is 0 Å². The van der Waals surface area contributed by atoms with E-state index in [9.17, 15) is 0 Å². The lowest BCUT2D eigenvalue weighted by Gasteiger charge is -1.97. The Morgan fingerprint density at radius 2 is 2.60 bits per heavy atom. The highest BCUT2D eigenvalue weighted by molar-refractivity contribution is 5.87. The van der Waals surface area contributed by atoms with Crippen molar-refractivity contribution < 1.29 is 0 Å². The summed E-state index contributed by atoms with van der Waals surface area (Å²) in [6.07, 6.45) is 4.05. The van der Waals surface area contributed by atoms with Crippen LogP contribution in [0.4, 0.5) is 5.95 Å².